The minimum Gasteiger partial charge on any atom is -0.349 e. The van der Waals surface area contributed by atoms with Crippen molar-refractivity contribution in [2.45, 2.75) is 44.2 Å². The minimum atomic E-state index is -0.0863. The summed E-state index contributed by atoms with van der Waals surface area (Å²) in [4.78, 5) is 12.5. The topological polar surface area (TPSA) is 55.1 Å². The zero-order valence-electron chi connectivity index (χ0n) is 11.8. The molecule has 1 amide bonds. The monoisotopic (exact) mass is 326 g/mol. The number of nitrogens with two attached hydrogens (primary N) is 1. The maximum atomic E-state index is 12.5. The van der Waals surface area contributed by atoms with Crippen molar-refractivity contribution >= 4 is 29.1 Å². The molecule has 2 fully saturated rings. The van der Waals surface area contributed by atoms with E-state index in [0.717, 1.165) is 25.7 Å². The summed E-state index contributed by atoms with van der Waals surface area (Å²) in [6.45, 7) is 0. The van der Waals surface area contributed by atoms with Crippen molar-refractivity contribution in [1.82, 2.24) is 5.32 Å². The summed E-state index contributed by atoms with van der Waals surface area (Å²) in [6.07, 6.45) is 5.59. The van der Waals surface area contributed by atoms with Crippen molar-refractivity contribution in [2.24, 2.45) is 17.6 Å². The Morgan fingerprint density at radius 2 is 1.67 bits per heavy atom. The highest BCUT2D eigenvalue weighted by atomic mass is 35.5. The molecule has 0 saturated heterocycles. The van der Waals surface area contributed by atoms with Gasteiger partial charge in [0.1, 0.15) is 0 Å². The molecule has 21 heavy (non-hydrogen) atoms. The van der Waals surface area contributed by atoms with Gasteiger partial charge in [-0.05, 0) is 55.7 Å². The molecule has 2 unspecified atom stereocenters. The van der Waals surface area contributed by atoms with Crippen LogP contribution in [0.25, 0.3) is 0 Å². The quantitative estimate of drug-likeness (QED) is 0.871. The highest BCUT2D eigenvalue weighted by molar-refractivity contribution is 6.35. The van der Waals surface area contributed by atoms with Gasteiger partial charge in [-0.15, -0.1) is 0 Å². The zero-order valence-corrected chi connectivity index (χ0v) is 13.3. The molecule has 0 spiro atoms. The van der Waals surface area contributed by atoms with Gasteiger partial charge in [0, 0.05) is 27.7 Å². The Hall–Kier alpha value is -0.770. The molecular weight excluding hydrogens is 307 g/mol. The molecule has 0 heterocycles. The highest BCUT2D eigenvalue weighted by Gasteiger charge is 2.39. The predicted octanol–water partition coefficient (Wildman–Crippen LogP) is 3.63. The first kappa shape index (κ1) is 15.1. The van der Waals surface area contributed by atoms with Gasteiger partial charge < -0.3 is 11.1 Å². The number of carbonyl (C=O) groups is 1. The lowest BCUT2D eigenvalue weighted by molar-refractivity contribution is 0.0756. The largest absolute Gasteiger partial charge is 0.349 e. The third kappa shape index (κ3) is 3.36. The Kier molecular flexibility index (Phi) is 4.43. The van der Waals surface area contributed by atoms with E-state index < -0.39 is 0 Å². The number of fused-ring (bicyclic) bond motifs is 2. The standard InChI is InChI=1S/C16H20Cl2N2O/c17-12-4-11(5-13(18)8-12)16(21)20-15-9-2-1-3-10(15)7-14(19)6-9/h4-5,8-10,14-15H,1-3,6-7,19H2,(H,20,21). The first-order chi connectivity index (χ1) is 10.0. The zero-order chi connectivity index (χ0) is 15.0. The summed E-state index contributed by atoms with van der Waals surface area (Å²) < 4.78 is 0. The van der Waals surface area contributed by atoms with Crippen LogP contribution in [0.3, 0.4) is 0 Å². The second-order valence-electron chi connectivity index (χ2n) is 6.34. The van der Waals surface area contributed by atoms with Crippen LogP contribution in [0.4, 0.5) is 0 Å². The molecule has 3 N–H and O–H groups in total. The fraction of sp³-hybridized carbons (Fsp3) is 0.562. The summed E-state index contributed by atoms with van der Waals surface area (Å²) in [6, 6.07) is 5.48. The van der Waals surface area contributed by atoms with Crippen LogP contribution in [0.1, 0.15) is 42.5 Å². The van der Waals surface area contributed by atoms with Crippen LogP contribution in [0.5, 0.6) is 0 Å². The van der Waals surface area contributed by atoms with E-state index in [-0.39, 0.29) is 18.0 Å². The van der Waals surface area contributed by atoms with Gasteiger partial charge in [0.2, 0.25) is 0 Å². The molecule has 2 atom stereocenters. The lowest BCUT2D eigenvalue weighted by Crippen LogP contribution is -2.53. The molecule has 5 heteroatoms. The molecule has 2 saturated carbocycles. The molecule has 2 bridgehead atoms. The second-order valence-corrected chi connectivity index (χ2v) is 7.21. The van der Waals surface area contributed by atoms with Crippen LogP contribution >= 0.6 is 23.2 Å². The predicted molar refractivity (Wildman–Crippen MR) is 85.8 cm³/mol. The Balaban J connectivity index is 1.75. The molecule has 0 radical (unpaired) electrons. The van der Waals surface area contributed by atoms with E-state index in [1.165, 1.54) is 6.42 Å². The molecule has 1 aromatic rings. The van der Waals surface area contributed by atoms with Crippen molar-refractivity contribution in [1.29, 1.82) is 0 Å². The van der Waals surface area contributed by atoms with Crippen molar-refractivity contribution in [3.63, 3.8) is 0 Å². The first-order valence-electron chi connectivity index (χ1n) is 7.55. The number of hydrogen-bond acceptors (Lipinski definition) is 2. The average Bonchev–Trinajstić information content (AvgIpc) is 2.38. The van der Waals surface area contributed by atoms with Crippen LogP contribution in [0.15, 0.2) is 18.2 Å². The van der Waals surface area contributed by atoms with Crippen LogP contribution < -0.4 is 11.1 Å². The molecule has 114 valence electrons. The van der Waals surface area contributed by atoms with Gasteiger partial charge in [-0.1, -0.05) is 29.6 Å². The van der Waals surface area contributed by atoms with E-state index in [1.54, 1.807) is 18.2 Å². The number of hydrogen-bond donors (Lipinski definition) is 2. The second kappa shape index (κ2) is 6.15. The van der Waals surface area contributed by atoms with Gasteiger partial charge in [-0.3, -0.25) is 4.79 Å². The number of rotatable bonds is 2. The summed E-state index contributed by atoms with van der Waals surface area (Å²) in [7, 11) is 0. The summed E-state index contributed by atoms with van der Waals surface area (Å²) in [5.74, 6) is 0.925. The van der Waals surface area contributed by atoms with Crippen molar-refractivity contribution < 1.29 is 4.79 Å². The Morgan fingerprint density at radius 3 is 2.24 bits per heavy atom. The van der Waals surface area contributed by atoms with Gasteiger partial charge in [-0.2, -0.15) is 0 Å². The van der Waals surface area contributed by atoms with Gasteiger partial charge in [-0.25, -0.2) is 0 Å². The van der Waals surface area contributed by atoms with Crippen molar-refractivity contribution in [3.05, 3.63) is 33.8 Å². The molecule has 3 rings (SSSR count). The average molecular weight is 327 g/mol. The Labute approximate surface area is 135 Å². The summed E-state index contributed by atoms with van der Waals surface area (Å²) in [5, 5.41) is 4.17. The number of benzene rings is 1. The Bertz CT molecular complexity index is 515. The van der Waals surface area contributed by atoms with E-state index in [4.69, 9.17) is 28.9 Å². The molecular formula is C16H20Cl2N2O. The lowest BCUT2D eigenvalue weighted by Gasteiger charge is -2.45. The minimum absolute atomic E-state index is 0.0863. The maximum Gasteiger partial charge on any atom is 0.251 e. The van der Waals surface area contributed by atoms with Crippen LogP contribution in [-0.4, -0.2) is 18.0 Å². The van der Waals surface area contributed by atoms with E-state index in [9.17, 15) is 4.79 Å². The number of nitrogens with one attached hydrogen (secondary N) is 1. The Morgan fingerprint density at radius 1 is 1.10 bits per heavy atom. The fourth-order valence-corrected chi connectivity index (χ4v) is 4.47. The maximum absolute atomic E-state index is 12.5. The lowest BCUT2D eigenvalue weighted by atomic mass is 9.67. The van der Waals surface area contributed by atoms with E-state index in [2.05, 4.69) is 5.32 Å². The summed E-state index contributed by atoms with van der Waals surface area (Å²) in [5.41, 5.74) is 6.65. The number of carbonyl (C=O) groups excluding carboxylic acids is 1. The van der Waals surface area contributed by atoms with Crippen molar-refractivity contribution in [2.75, 3.05) is 0 Å². The first-order valence-corrected chi connectivity index (χ1v) is 8.31. The van der Waals surface area contributed by atoms with Crippen LogP contribution in [-0.2, 0) is 0 Å². The molecule has 1 aromatic carbocycles. The molecule has 0 aromatic heterocycles. The van der Waals surface area contributed by atoms with Gasteiger partial charge >= 0.3 is 0 Å². The number of halogens is 2. The normalized spacial score (nSPS) is 31.8. The molecule has 0 aliphatic heterocycles. The highest BCUT2D eigenvalue weighted by Crippen LogP contribution is 2.39. The summed E-state index contributed by atoms with van der Waals surface area (Å²) >= 11 is 11.9. The fourth-order valence-electron chi connectivity index (χ4n) is 3.94. The third-order valence-corrected chi connectivity index (χ3v) is 5.24. The van der Waals surface area contributed by atoms with Crippen LogP contribution in [0.2, 0.25) is 10.0 Å². The van der Waals surface area contributed by atoms with Crippen molar-refractivity contribution in [3.8, 4) is 0 Å². The van der Waals surface area contributed by atoms with E-state index in [1.807, 2.05) is 0 Å². The van der Waals surface area contributed by atoms with E-state index in [0.29, 0.717) is 27.4 Å². The third-order valence-electron chi connectivity index (χ3n) is 4.80. The SMILES string of the molecule is NC1CC2CCCC(C1)C2NC(=O)c1cc(Cl)cc(Cl)c1. The smallest absolute Gasteiger partial charge is 0.251 e. The van der Waals surface area contributed by atoms with Crippen LogP contribution in [0, 0.1) is 11.8 Å². The van der Waals surface area contributed by atoms with Gasteiger partial charge in [0.15, 0.2) is 0 Å². The van der Waals surface area contributed by atoms with Gasteiger partial charge in [0.25, 0.3) is 5.91 Å². The van der Waals surface area contributed by atoms with Gasteiger partial charge in [0.05, 0.1) is 0 Å². The molecule has 2 aliphatic rings. The molecule has 2 aliphatic carbocycles. The van der Waals surface area contributed by atoms with E-state index >= 15 is 0 Å². The molecule has 3 nitrogen and oxygen atoms in total. The number of amides is 1.